The molecule has 3 aromatic rings. The molecule has 0 unspecified atom stereocenters. The molecule has 2 amide bonds. The lowest BCUT2D eigenvalue weighted by Gasteiger charge is -2.13. The highest BCUT2D eigenvalue weighted by Gasteiger charge is 2.17. The van der Waals surface area contributed by atoms with Gasteiger partial charge in [0.15, 0.2) is 0 Å². The van der Waals surface area contributed by atoms with Gasteiger partial charge in [0.05, 0.1) is 11.7 Å². The molecular formula is C18H17N5O2. The van der Waals surface area contributed by atoms with Crippen molar-refractivity contribution in [3.8, 4) is 11.3 Å². The summed E-state index contributed by atoms with van der Waals surface area (Å²) in [4.78, 5) is 28.1. The van der Waals surface area contributed by atoms with Gasteiger partial charge in [0.1, 0.15) is 0 Å². The average molecular weight is 335 g/mol. The lowest BCUT2D eigenvalue weighted by atomic mass is 10.1. The summed E-state index contributed by atoms with van der Waals surface area (Å²) in [6.45, 7) is 1.79. The molecule has 7 nitrogen and oxygen atoms in total. The molecule has 2 aromatic heterocycles. The summed E-state index contributed by atoms with van der Waals surface area (Å²) >= 11 is 0. The smallest absolute Gasteiger partial charge is 0.313 e. The molecule has 0 radical (unpaired) electrons. The Balaban J connectivity index is 1.59. The summed E-state index contributed by atoms with van der Waals surface area (Å²) in [7, 11) is 0. The standard InChI is InChI=1S/C18H17N5O2/c1-12(14-3-2-9-19-11-14)21-17(24)18(25)22-15-6-4-13(5-7-15)16-8-10-20-23-16/h2-12H,1H3,(H,20,23)(H,21,24)(H,22,25)/t12-/m1/s1. The van der Waals surface area contributed by atoms with E-state index in [2.05, 4.69) is 25.8 Å². The van der Waals surface area contributed by atoms with E-state index in [0.29, 0.717) is 5.69 Å². The number of benzene rings is 1. The van der Waals surface area contributed by atoms with Crippen LogP contribution in [0.25, 0.3) is 11.3 Å². The van der Waals surface area contributed by atoms with Crippen LogP contribution in [0.15, 0.2) is 61.1 Å². The third kappa shape index (κ3) is 4.08. The highest BCUT2D eigenvalue weighted by atomic mass is 16.2. The van der Waals surface area contributed by atoms with Gasteiger partial charge in [-0.25, -0.2) is 0 Å². The van der Waals surface area contributed by atoms with Gasteiger partial charge in [-0.2, -0.15) is 5.10 Å². The highest BCUT2D eigenvalue weighted by Crippen LogP contribution is 2.18. The van der Waals surface area contributed by atoms with Crippen molar-refractivity contribution in [2.75, 3.05) is 5.32 Å². The first-order valence-corrected chi connectivity index (χ1v) is 7.75. The van der Waals surface area contributed by atoms with Crippen LogP contribution in [-0.4, -0.2) is 27.0 Å². The molecule has 25 heavy (non-hydrogen) atoms. The van der Waals surface area contributed by atoms with Crippen molar-refractivity contribution in [2.24, 2.45) is 0 Å². The van der Waals surface area contributed by atoms with Gasteiger partial charge in [-0.15, -0.1) is 0 Å². The van der Waals surface area contributed by atoms with Gasteiger partial charge in [-0.05, 0) is 42.3 Å². The first-order chi connectivity index (χ1) is 12.1. The molecular weight excluding hydrogens is 318 g/mol. The summed E-state index contributed by atoms with van der Waals surface area (Å²) in [6.07, 6.45) is 4.97. The molecule has 3 N–H and O–H groups in total. The molecule has 0 bridgehead atoms. The Hall–Kier alpha value is -3.48. The number of hydrogen-bond acceptors (Lipinski definition) is 4. The molecule has 1 aromatic carbocycles. The second-order valence-corrected chi connectivity index (χ2v) is 5.48. The third-order valence-corrected chi connectivity index (χ3v) is 3.69. The maximum atomic E-state index is 12.0. The van der Waals surface area contributed by atoms with Crippen LogP contribution in [0.3, 0.4) is 0 Å². The Kier molecular flexibility index (Phi) is 4.84. The van der Waals surface area contributed by atoms with Crippen LogP contribution in [0.5, 0.6) is 0 Å². The van der Waals surface area contributed by atoms with Gasteiger partial charge in [0, 0.05) is 24.3 Å². The van der Waals surface area contributed by atoms with Crippen molar-refractivity contribution in [3.63, 3.8) is 0 Å². The maximum Gasteiger partial charge on any atom is 0.313 e. The second kappa shape index (κ2) is 7.39. The predicted octanol–water partition coefficient (Wildman–Crippen LogP) is 2.29. The van der Waals surface area contributed by atoms with Crippen LogP contribution < -0.4 is 10.6 Å². The molecule has 0 aliphatic heterocycles. The van der Waals surface area contributed by atoms with E-state index < -0.39 is 11.8 Å². The summed E-state index contributed by atoms with van der Waals surface area (Å²) in [5.41, 5.74) is 3.18. The fourth-order valence-electron chi connectivity index (χ4n) is 2.32. The Labute approximate surface area is 144 Å². The first-order valence-electron chi connectivity index (χ1n) is 7.75. The van der Waals surface area contributed by atoms with Crippen LogP contribution in [0.1, 0.15) is 18.5 Å². The lowest BCUT2D eigenvalue weighted by Crippen LogP contribution is -2.36. The number of carbonyl (C=O) groups excluding carboxylic acids is 2. The minimum atomic E-state index is -0.718. The van der Waals surface area contributed by atoms with Crippen molar-refractivity contribution >= 4 is 17.5 Å². The van der Waals surface area contributed by atoms with E-state index in [0.717, 1.165) is 16.8 Å². The normalized spacial score (nSPS) is 11.6. The van der Waals surface area contributed by atoms with Crippen molar-refractivity contribution < 1.29 is 9.59 Å². The molecule has 0 aliphatic rings. The minimum absolute atomic E-state index is 0.310. The van der Waals surface area contributed by atoms with Gasteiger partial charge in [-0.1, -0.05) is 18.2 Å². The van der Waals surface area contributed by atoms with Gasteiger partial charge in [-0.3, -0.25) is 19.7 Å². The number of pyridine rings is 1. The molecule has 2 heterocycles. The minimum Gasteiger partial charge on any atom is -0.341 e. The molecule has 0 spiro atoms. The molecule has 0 fully saturated rings. The highest BCUT2D eigenvalue weighted by molar-refractivity contribution is 6.39. The lowest BCUT2D eigenvalue weighted by molar-refractivity contribution is -0.136. The Bertz CT molecular complexity index is 845. The van der Waals surface area contributed by atoms with Crippen LogP contribution in [-0.2, 0) is 9.59 Å². The Morgan fingerprint density at radius 2 is 1.84 bits per heavy atom. The molecule has 3 rings (SSSR count). The summed E-state index contributed by atoms with van der Waals surface area (Å²) < 4.78 is 0. The number of hydrogen-bond donors (Lipinski definition) is 3. The van der Waals surface area contributed by atoms with Gasteiger partial charge < -0.3 is 10.6 Å². The van der Waals surface area contributed by atoms with Crippen molar-refractivity contribution in [1.82, 2.24) is 20.5 Å². The fraction of sp³-hybridized carbons (Fsp3) is 0.111. The van der Waals surface area contributed by atoms with Gasteiger partial charge in [0.2, 0.25) is 0 Å². The second-order valence-electron chi connectivity index (χ2n) is 5.48. The van der Waals surface area contributed by atoms with E-state index in [4.69, 9.17) is 0 Å². The van der Waals surface area contributed by atoms with Gasteiger partial charge in [0.25, 0.3) is 0 Å². The average Bonchev–Trinajstić information content (AvgIpc) is 3.17. The van der Waals surface area contributed by atoms with E-state index in [1.807, 2.05) is 24.3 Å². The zero-order chi connectivity index (χ0) is 17.6. The zero-order valence-electron chi connectivity index (χ0n) is 13.6. The fourth-order valence-corrected chi connectivity index (χ4v) is 2.32. The van der Waals surface area contributed by atoms with E-state index in [9.17, 15) is 9.59 Å². The summed E-state index contributed by atoms with van der Waals surface area (Å²) in [6, 6.07) is 12.3. The first kappa shape index (κ1) is 16.4. The van der Waals surface area contributed by atoms with Crippen LogP contribution in [0.2, 0.25) is 0 Å². The number of nitrogens with zero attached hydrogens (tertiary/aromatic N) is 2. The number of anilines is 1. The number of aromatic nitrogens is 3. The number of carbonyl (C=O) groups is 2. The molecule has 0 saturated carbocycles. The monoisotopic (exact) mass is 335 g/mol. The van der Waals surface area contributed by atoms with Gasteiger partial charge >= 0.3 is 11.8 Å². The number of H-pyrrole nitrogens is 1. The molecule has 0 saturated heterocycles. The summed E-state index contributed by atoms with van der Waals surface area (Å²) in [5.74, 6) is -1.42. The third-order valence-electron chi connectivity index (χ3n) is 3.69. The van der Waals surface area contributed by atoms with E-state index in [1.165, 1.54) is 0 Å². The SMILES string of the molecule is C[C@@H](NC(=O)C(=O)Nc1ccc(-c2ccn[nH]2)cc1)c1cccnc1. The quantitative estimate of drug-likeness (QED) is 0.637. The summed E-state index contributed by atoms with van der Waals surface area (Å²) in [5, 5.41) is 12.0. The number of amides is 2. The van der Waals surface area contributed by atoms with E-state index in [1.54, 1.807) is 43.7 Å². The van der Waals surface area contributed by atoms with Crippen molar-refractivity contribution in [2.45, 2.75) is 13.0 Å². The molecule has 1 atom stereocenters. The number of aromatic amines is 1. The molecule has 7 heteroatoms. The maximum absolute atomic E-state index is 12.0. The van der Waals surface area contributed by atoms with Crippen molar-refractivity contribution in [1.29, 1.82) is 0 Å². The van der Waals surface area contributed by atoms with Crippen LogP contribution in [0, 0.1) is 0 Å². The van der Waals surface area contributed by atoms with E-state index in [-0.39, 0.29) is 6.04 Å². The van der Waals surface area contributed by atoms with Crippen molar-refractivity contribution in [3.05, 3.63) is 66.6 Å². The largest absolute Gasteiger partial charge is 0.341 e. The van der Waals surface area contributed by atoms with Crippen LogP contribution >= 0.6 is 0 Å². The van der Waals surface area contributed by atoms with E-state index >= 15 is 0 Å². The predicted molar refractivity (Wildman–Crippen MR) is 93.4 cm³/mol. The number of rotatable bonds is 4. The molecule has 126 valence electrons. The topological polar surface area (TPSA) is 99.8 Å². The Morgan fingerprint density at radius 1 is 1.04 bits per heavy atom. The molecule has 0 aliphatic carbocycles. The Morgan fingerprint density at radius 3 is 2.48 bits per heavy atom. The van der Waals surface area contributed by atoms with Crippen LogP contribution in [0.4, 0.5) is 5.69 Å². The zero-order valence-corrected chi connectivity index (χ0v) is 13.6. The number of nitrogens with one attached hydrogen (secondary N) is 3.